The summed E-state index contributed by atoms with van der Waals surface area (Å²) in [6, 6.07) is 8.69. The van der Waals surface area contributed by atoms with Crippen LogP contribution in [0.1, 0.15) is 23.4 Å². The fourth-order valence-electron chi connectivity index (χ4n) is 1.85. The van der Waals surface area contributed by atoms with Crippen LogP contribution in [0, 0.1) is 5.82 Å². The highest BCUT2D eigenvalue weighted by molar-refractivity contribution is 9.11. The zero-order chi connectivity index (χ0) is 13.8. The third kappa shape index (κ3) is 3.78. The Morgan fingerprint density at radius 2 is 2.16 bits per heavy atom. The number of thiophene rings is 1. The first kappa shape index (κ1) is 14.5. The van der Waals surface area contributed by atoms with Crippen LogP contribution in [-0.2, 0) is 6.54 Å². The molecule has 1 N–H and O–H groups in total. The minimum Gasteiger partial charge on any atom is -0.496 e. The van der Waals surface area contributed by atoms with Gasteiger partial charge in [0.2, 0.25) is 0 Å². The van der Waals surface area contributed by atoms with E-state index in [9.17, 15) is 4.39 Å². The molecule has 102 valence electrons. The summed E-state index contributed by atoms with van der Waals surface area (Å²) >= 11 is 5.12. The van der Waals surface area contributed by atoms with Crippen LogP contribution in [0.15, 0.2) is 34.1 Å². The van der Waals surface area contributed by atoms with E-state index in [-0.39, 0.29) is 11.9 Å². The van der Waals surface area contributed by atoms with Crippen LogP contribution in [0.2, 0.25) is 0 Å². The van der Waals surface area contributed by atoms with Gasteiger partial charge in [-0.2, -0.15) is 0 Å². The van der Waals surface area contributed by atoms with Crippen LogP contribution in [-0.4, -0.2) is 7.11 Å². The standard InChI is InChI=1S/C14H15BrFNOS/c1-9(17-8-11-4-6-14(15)19-11)12-7-10(16)3-5-13(12)18-2/h3-7,9,17H,8H2,1-2H3. The molecule has 0 fully saturated rings. The van der Waals surface area contributed by atoms with Gasteiger partial charge >= 0.3 is 0 Å². The third-order valence-corrected chi connectivity index (χ3v) is 4.49. The maximum absolute atomic E-state index is 13.3. The number of ether oxygens (including phenoxy) is 1. The average molecular weight is 344 g/mol. The minimum atomic E-state index is -0.247. The molecule has 0 saturated carbocycles. The summed E-state index contributed by atoms with van der Waals surface area (Å²) in [5, 5.41) is 3.37. The lowest BCUT2D eigenvalue weighted by molar-refractivity contribution is 0.400. The summed E-state index contributed by atoms with van der Waals surface area (Å²) in [4.78, 5) is 1.23. The van der Waals surface area contributed by atoms with Crippen LogP contribution in [0.4, 0.5) is 4.39 Å². The van der Waals surface area contributed by atoms with Crippen molar-refractivity contribution in [3.63, 3.8) is 0 Å². The molecular formula is C14H15BrFNOS. The highest BCUT2D eigenvalue weighted by atomic mass is 79.9. The monoisotopic (exact) mass is 343 g/mol. The van der Waals surface area contributed by atoms with Gasteiger partial charge < -0.3 is 10.1 Å². The first-order valence-electron chi connectivity index (χ1n) is 5.91. The maximum atomic E-state index is 13.3. The molecular weight excluding hydrogens is 329 g/mol. The van der Waals surface area contributed by atoms with Crippen LogP contribution in [0.5, 0.6) is 5.75 Å². The van der Waals surface area contributed by atoms with E-state index in [0.29, 0.717) is 5.75 Å². The van der Waals surface area contributed by atoms with Gasteiger partial charge in [0.25, 0.3) is 0 Å². The number of rotatable bonds is 5. The van der Waals surface area contributed by atoms with Crippen molar-refractivity contribution >= 4 is 27.3 Å². The molecule has 0 spiro atoms. The van der Waals surface area contributed by atoms with Crippen LogP contribution in [0.25, 0.3) is 0 Å². The van der Waals surface area contributed by atoms with E-state index in [1.807, 2.05) is 13.0 Å². The number of methoxy groups -OCH3 is 1. The Labute approximate surface area is 124 Å². The number of nitrogens with one attached hydrogen (secondary N) is 1. The zero-order valence-electron chi connectivity index (χ0n) is 10.7. The van der Waals surface area contributed by atoms with Crippen molar-refractivity contribution in [2.24, 2.45) is 0 Å². The first-order chi connectivity index (χ1) is 9.10. The fourth-order valence-corrected chi connectivity index (χ4v) is 3.29. The molecule has 5 heteroatoms. The Hall–Kier alpha value is -0.910. The number of hydrogen-bond acceptors (Lipinski definition) is 3. The van der Waals surface area contributed by atoms with Crippen LogP contribution in [0.3, 0.4) is 0 Å². The van der Waals surface area contributed by atoms with Gasteiger partial charge in [-0.25, -0.2) is 4.39 Å². The van der Waals surface area contributed by atoms with Crippen molar-refractivity contribution in [1.29, 1.82) is 0 Å². The Kier molecular flexibility index (Phi) is 4.96. The minimum absolute atomic E-state index is 0.0199. The predicted molar refractivity (Wildman–Crippen MR) is 80.2 cm³/mol. The van der Waals surface area contributed by atoms with Crippen LogP contribution >= 0.6 is 27.3 Å². The SMILES string of the molecule is COc1ccc(F)cc1C(C)NCc1ccc(Br)s1. The topological polar surface area (TPSA) is 21.3 Å². The summed E-state index contributed by atoms with van der Waals surface area (Å²) in [5.41, 5.74) is 0.832. The largest absolute Gasteiger partial charge is 0.496 e. The second-order valence-electron chi connectivity index (χ2n) is 4.19. The van der Waals surface area contributed by atoms with Gasteiger partial charge in [0, 0.05) is 23.0 Å². The van der Waals surface area contributed by atoms with E-state index >= 15 is 0 Å². The Balaban J connectivity index is 2.06. The lowest BCUT2D eigenvalue weighted by atomic mass is 10.1. The smallest absolute Gasteiger partial charge is 0.123 e. The summed E-state index contributed by atoms with van der Waals surface area (Å²) in [7, 11) is 1.60. The highest BCUT2D eigenvalue weighted by Gasteiger charge is 2.12. The molecule has 1 aromatic carbocycles. The van der Waals surface area contributed by atoms with Gasteiger partial charge in [0.05, 0.1) is 10.9 Å². The van der Waals surface area contributed by atoms with E-state index in [4.69, 9.17) is 4.74 Å². The molecule has 0 aliphatic carbocycles. The van der Waals surface area contributed by atoms with Crippen molar-refractivity contribution < 1.29 is 9.13 Å². The first-order valence-corrected chi connectivity index (χ1v) is 7.52. The zero-order valence-corrected chi connectivity index (χ0v) is 13.1. The molecule has 0 aliphatic rings. The molecule has 19 heavy (non-hydrogen) atoms. The van der Waals surface area contributed by atoms with E-state index in [2.05, 4.69) is 27.3 Å². The van der Waals surface area contributed by atoms with Gasteiger partial charge in [0.15, 0.2) is 0 Å². The molecule has 1 unspecified atom stereocenters. The van der Waals surface area contributed by atoms with Gasteiger partial charge in [-0.1, -0.05) is 0 Å². The molecule has 0 bridgehead atoms. The molecule has 1 aromatic heterocycles. The molecule has 0 saturated heterocycles. The van der Waals surface area contributed by atoms with Gasteiger partial charge in [-0.15, -0.1) is 11.3 Å². The predicted octanol–water partition coefficient (Wildman–Crippen LogP) is 4.51. The molecule has 2 rings (SSSR count). The summed E-state index contributed by atoms with van der Waals surface area (Å²) in [5.74, 6) is 0.456. The molecule has 0 amide bonds. The van der Waals surface area contributed by atoms with Gasteiger partial charge in [0.1, 0.15) is 11.6 Å². The third-order valence-electron chi connectivity index (χ3n) is 2.87. The molecule has 0 aliphatic heterocycles. The van der Waals surface area contributed by atoms with Crippen molar-refractivity contribution in [3.05, 3.63) is 50.4 Å². The van der Waals surface area contributed by atoms with Crippen LogP contribution < -0.4 is 10.1 Å². The normalized spacial score (nSPS) is 12.4. The Morgan fingerprint density at radius 1 is 1.37 bits per heavy atom. The molecule has 1 heterocycles. The Morgan fingerprint density at radius 3 is 2.79 bits per heavy atom. The fraction of sp³-hybridized carbons (Fsp3) is 0.286. The van der Waals surface area contributed by atoms with E-state index in [1.54, 1.807) is 24.5 Å². The van der Waals surface area contributed by atoms with Gasteiger partial charge in [-0.3, -0.25) is 0 Å². The highest BCUT2D eigenvalue weighted by Crippen LogP contribution is 2.27. The molecule has 1 atom stereocenters. The second kappa shape index (κ2) is 6.50. The summed E-state index contributed by atoms with van der Waals surface area (Å²) in [6.07, 6.45) is 0. The van der Waals surface area contributed by atoms with Crippen molar-refractivity contribution in [3.8, 4) is 5.75 Å². The molecule has 2 nitrogen and oxygen atoms in total. The van der Waals surface area contributed by atoms with E-state index in [0.717, 1.165) is 15.9 Å². The summed E-state index contributed by atoms with van der Waals surface area (Å²) < 4.78 is 19.7. The van der Waals surface area contributed by atoms with Crippen molar-refractivity contribution in [1.82, 2.24) is 5.32 Å². The Bertz CT molecular complexity index is 558. The second-order valence-corrected chi connectivity index (χ2v) is 6.74. The number of halogens is 2. The lowest BCUT2D eigenvalue weighted by Crippen LogP contribution is -2.18. The maximum Gasteiger partial charge on any atom is 0.123 e. The lowest BCUT2D eigenvalue weighted by Gasteiger charge is -2.17. The van der Waals surface area contributed by atoms with Gasteiger partial charge in [-0.05, 0) is 53.2 Å². The molecule has 2 aromatic rings. The van der Waals surface area contributed by atoms with E-state index in [1.165, 1.54) is 17.0 Å². The summed E-state index contributed by atoms with van der Waals surface area (Å²) in [6.45, 7) is 2.75. The molecule has 0 radical (unpaired) electrons. The average Bonchev–Trinajstić information content (AvgIpc) is 2.81. The van der Waals surface area contributed by atoms with Crippen molar-refractivity contribution in [2.75, 3.05) is 7.11 Å². The number of hydrogen-bond donors (Lipinski definition) is 1. The van der Waals surface area contributed by atoms with E-state index < -0.39 is 0 Å². The van der Waals surface area contributed by atoms with Crippen molar-refractivity contribution in [2.45, 2.75) is 19.5 Å². The quantitative estimate of drug-likeness (QED) is 0.862. The number of benzene rings is 1.